The topological polar surface area (TPSA) is 44.2 Å². The molecule has 0 amide bonds. The Kier molecular flexibility index (Phi) is 7.30. The third-order valence-electron chi connectivity index (χ3n) is 9.31. The molecule has 0 unspecified atom stereocenters. The molecule has 0 saturated carbocycles. The van der Waals surface area contributed by atoms with Crippen molar-refractivity contribution in [3.63, 3.8) is 0 Å². The molecule has 5 aromatic carbocycles. The fraction of sp³-hybridized carbons (Fsp3) is 0.149. The monoisotopic (exact) mass is 876 g/mol. The number of rotatable bonds is 3. The predicted octanol–water partition coefficient (Wildman–Crippen LogP) is 9.71. The summed E-state index contributed by atoms with van der Waals surface area (Å²) in [6.07, 6.45) is 2.84. The molecule has 2 aromatic heterocycles. The van der Waals surface area contributed by atoms with Gasteiger partial charge in [0.05, 0.1) is 0 Å². The maximum absolute atomic E-state index is 8.00. The molecule has 0 N–H and O–H groups in total. The molecular weight excluding hydrogens is 828 g/mol. The number of hydrogen-bond acceptors (Lipinski definition) is 4. The minimum Gasteiger partial charge on any atom is -0.503 e. The van der Waals surface area contributed by atoms with Crippen molar-refractivity contribution in [2.24, 2.45) is 0 Å². The molecule has 53 heavy (non-hydrogen) atoms. The van der Waals surface area contributed by atoms with Crippen LogP contribution in [0, 0.1) is 32.7 Å². The molecule has 0 aliphatic carbocycles. The largest absolute Gasteiger partial charge is 0.503 e. The first kappa shape index (κ1) is 26.5. The first-order chi connectivity index (χ1) is 28.8. The number of fused-ring (bicyclic) bond motifs is 4. The van der Waals surface area contributed by atoms with Crippen LogP contribution in [0.3, 0.4) is 0 Å². The van der Waals surface area contributed by atoms with Crippen LogP contribution in [0.25, 0.3) is 33.6 Å². The summed E-state index contributed by atoms with van der Waals surface area (Å²) in [6, 6.07) is 41.5. The van der Waals surface area contributed by atoms with E-state index in [9.17, 15) is 0 Å². The molecule has 2 aliphatic rings. The van der Waals surface area contributed by atoms with Gasteiger partial charge in [-0.25, -0.2) is 0 Å². The van der Waals surface area contributed by atoms with Crippen LogP contribution in [0.5, 0.6) is 23.0 Å². The summed E-state index contributed by atoms with van der Waals surface area (Å²) in [5, 5.41) is 0. The maximum Gasteiger partial charge on any atom is 0.241 e. The molecule has 0 saturated heterocycles. The minimum atomic E-state index is -2.29. The number of hydrogen-bond donors (Lipinski definition) is 0. The molecule has 4 heterocycles. The summed E-state index contributed by atoms with van der Waals surface area (Å²) in [4.78, 5) is 8.85. The molecule has 0 spiro atoms. The summed E-state index contributed by atoms with van der Waals surface area (Å²) < 4.78 is 82.2. The van der Waals surface area contributed by atoms with Gasteiger partial charge in [-0.1, -0.05) is 99.9 Å². The second-order valence-electron chi connectivity index (χ2n) is 13.8. The van der Waals surface area contributed by atoms with Gasteiger partial charge in [0.25, 0.3) is 0 Å². The molecule has 0 bridgehead atoms. The number of ether oxygens (including phenoxy) is 2. The van der Waals surface area contributed by atoms with Crippen molar-refractivity contribution in [3.05, 3.63) is 162 Å². The molecule has 4 nitrogen and oxygen atoms in total. The summed E-state index contributed by atoms with van der Waals surface area (Å²) >= 11 is 0. The molecule has 263 valence electrons. The van der Waals surface area contributed by atoms with E-state index < -0.39 is 20.6 Å². The first-order valence-electron chi connectivity index (χ1n) is 21.5. The van der Waals surface area contributed by atoms with Crippen molar-refractivity contribution in [2.75, 3.05) is 0 Å². The van der Waals surface area contributed by atoms with E-state index >= 15 is 0 Å². The summed E-state index contributed by atoms with van der Waals surface area (Å²) in [5.41, 5.74) is 7.95. The van der Waals surface area contributed by atoms with Crippen molar-refractivity contribution in [1.82, 2.24) is 9.97 Å². The van der Waals surface area contributed by atoms with Gasteiger partial charge in [-0.05, 0) is 82.0 Å². The van der Waals surface area contributed by atoms with E-state index in [0.717, 1.165) is 44.8 Å². The van der Waals surface area contributed by atoms with Crippen LogP contribution in [0.4, 0.5) is 0 Å². The Morgan fingerprint density at radius 3 is 2.17 bits per heavy atom. The smallest absolute Gasteiger partial charge is 0.241 e. The van der Waals surface area contributed by atoms with Gasteiger partial charge in [-0.2, -0.15) is 0 Å². The van der Waals surface area contributed by atoms with Crippen molar-refractivity contribution < 1.29 is 41.9 Å². The molecule has 0 atom stereocenters. The third-order valence-corrected chi connectivity index (χ3v) is 9.31. The maximum atomic E-state index is 8.00. The second-order valence-corrected chi connectivity index (χ2v) is 13.8. The molecule has 9 rings (SSSR count). The van der Waals surface area contributed by atoms with E-state index in [4.69, 9.17) is 21.8 Å². The second kappa shape index (κ2) is 14.6. The Morgan fingerprint density at radius 2 is 1.42 bits per heavy atom. The number of nitrogens with zero attached hydrogens (tertiary/aromatic N) is 2. The molecule has 2 aliphatic heterocycles. The fourth-order valence-corrected chi connectivity index (χ4v) is 6.79. The molecule has 6 heteroatoms. The quantitative estimate of drug-likeness (QED) is 0.131. The van der Waals surface area contributed by atoms with Crippen molar-refractivity contribution in [3.8, 4) is 56.6 Å². The average molecular weight is 876 g/mol. The van der Waals surface area contributed by atoms with Gasteiger partial charge in [0.15, 0.2) is 0 Å². The van der Waals surface area contributed by atoms with E-state index in [2.05, 4.69) is 28.2 Å². The van der Waals surface area contributed by atoms with Gasteiger partial charge < -0.3 is 19.4 Å². The number of benzene rings is 5. The van der Waals surface area contributed by atoms with Crippen LogP contribution in [0.15, 0.2) is 128 Å². The number of aryl methyl sites for hydroxylation is 3. The van der Waals surface area contributed by atoms with Crippen molar-refractivity contribution in [1.29, 1.82) is 0 Å². The minimum absolute atomic E-state index is 0. The molecule has 1 radical (unpaired) electrons. The number of para-hydroxylation sites is 1. The van der Waals surface area contributed by atoms with Crippen LogP contribution in [0.1, 0.15) is 55.4 Å². The van der Waals surface area contributed by atoms with E-state index in [0.29, 0.717) is 33.8 Å². The Balaban J connectivity index is 0.000000192. The predicted molar refractivity (Wildman–Crippen MR) is 213 cm³/mol. The van der Waals surface area contributed by atoms with Crippen molar-refractivity contribution in [2.45, 2.75) is 46.7 Å². The summed E-state index contributed by atoms with van der Waals surface area (Å²) in [6.45, 7) is -0.733. The third kappa shape index (κ3) is 6.98. The zero-order chi connectivity index (χ0) is 43.5. The van der Waals surface area contributed by atoms with Crippen LogP contribution in [0.2, 0.25) is 0 Å². The Bertz CT molecular complexity index is 2770. The zero-order valence-electron chi connectivity index (χ0n) is 38.2. The van der Waals surface area contributed by atoms with Crippen LogP contribution < -0.4 is 25.9 Å². The Morgan fingerprint density at radius 1 is 0.679 bits per heavy atom. The zero-order valence-corrected chi connectivity index (χ0v) is 31.6. The van der Waals surface area contributed by atoms with Gasteiger partial charge in [-0.3, -0.25) is 0 Å². The Hall–Kier alpha value is -5.29. The summed E-state index contributed by atoms with van der Waals surface area (Å²) in [5.74, 6) is 3.05. The number of pyridine rings is 2. The van der Waals surface area contributed by atoms with E-state index in [-0.39, 0.29) is 48.9 Å². The van der Waals surface area contributed by atoms with Gasteiger partial charge in [-0.15, -0.1) is 59.1 Å². The number of aromatic nitrogens is 2. The first-order valence-corrected chi connectivity index (χ1v) is 17.0. The van der Waals surface area contributed by atoms with E-state index in [1.54, 1.807) is 12.1 Å². The standard InChI is InChI=1S/C28H23BNO2.C19H16N.Ir/c1-17-16-30-22(15-19(17)28(2,3)4)18-9-7-11-21-27(18)32-25-14-8-13-24-26(25)29(21)20-10-5-6-12-23(20)31-24;1-14-8-10-17(11-9-14)19-12-18(15(2)13-20-19)16-6-4-3-5-7-16;/h5-8,10-16H,1-4H3;3-10,12-13H,1-2H3;/q2*-1;/i1D3;1D3,2D3;. The normalized spacial score (nSPS) is 15.3. The SMILES string of the molecule is [2H]C([2H])([2H])c1c[c-]c(-c2cc(-c3ccccc3)c(C([2H])([2H])[2H])cn2)cc1.[2H]C([2H])([2H])c1cnc(-c2[c-]ccc3c2Oc2cccc4c2B3c2ccccc2O4)cc1C(C)(C)C.[Ir]. The fourth-order valence-electron chi connectivity index (χ4n) is 6.79. The van der Waals surface area contributed by atoms with Gasteiger partial charge in [0, 0.05) is 56.0 Å². The molecular formula is C47H39BIrN2O2-2. The van der Waals surface area contributed by atoms with E-state index in [1.807, 2.05) is 106 Å². The van der Waals surface area contributed by atoms with Crippen LogP contribution in [-0.4, -0.2) is 16.7 Å². The summed E-state index contributed by atoms with van der Waals surface area (Å²) in [7, 11) is 0. The van der Waals surface area contributed by atoms with Gasteiger partial charge in [0.2, 0.25) is 6.71 Å². The van der Waals surface area contributed by atoms with Crippen molar-refractivity contribution >= 4 is 23.1 Å². The van der Waals surface area contributed by atoms with Crippen LogP contribution in [-0.2, 0) is 25.5 Å². The van der Waals surface area contributed by atoms with Gasteiger partial charge >= 0.3 is 0 Å². The molecule has 0 fully saturated rings. The average Bonchev–Trinajstić information content (AvgIpc) is 3.22. The Labute approximate surface area is 339 Å². The van der Waals surface area contributed by atoms with Crippen LogP contribution >= 0.6 is 0 Å². The van der Waals surface area contributed by atoms with E-state index in [1.165, 1.54) is 24.5 Å². The van der Waals surface area contributed by atoms with Gasteiger partial charge in [0.1, 0.15) is 17.2 Å². The molecule has 7 aromatic rings.